The van der Waals surface area contributed by atoms with E-state index in [-0.39, 0.29) is 0 Å². The molecule has 0 aliphatic heterocycles. The summed E-state index contributed by atoms with van der Waals surface area (Å²) in [6, 6.07) is 5.79. The van der Waals surface area contributed by atoms with Gasteiger partial charge in [0.2, 0.25) is 12.3 Å². The van der Waals surface area contributed by atoms with E-state index in [0.717, 1.165) is 16.5 Å². The van der Waals surface area contributed by atoms with Crippen molar-refractivity contribution in [3.05, 3.63) is 30.8 Å². The lowest BCUT2D eigenvalue weighted by Gasteiger charge is -1.93. The fraction of sp³-hybridized carbons (Fsp3) is 0. The van der Waals surface area contributed by atoms with Gasteiger partial charge in [-0.05, 0) is 18.2 Å². The number of fused-ring (bicyclic) bond motifs is 1. The first kappa shape index (κ1) is 7.25. The molecule has 3 rings (SSSR count). The number of nitrogens with one attached hydrogen (secondary N) is 1. The van der Waals surface area contributed by atoms with Crippen LogP contribution in [0.1, 0.15) is 0 Å². The van der Waals surface area contributed by atoms with E-state index >= 15 is 0 Å². The zero-order valence-electron chi connectivity index (χ0n) is 7.14. The molecule has 0 fully saturated rings. The van der Waals surface area contributed by atoms with Gasteiger partial charge in [-0.1, -0.05) is 0 Å². The number of rotatable bonds is 1. The van der Waals surface area contributed by atoms with Crippen molar-refractivity contribution in [3.63, 3.8) is 0 Å². The summed E-state index contributed by atoms with van der Waals surface area (Å²) in [5.41, 5.74) is 1.89. The van der Waals surface area contributed by atoms with Crippen LogP contribution in [0.15, 0.2) is 35.2 Å². The van der Waals surface area contributed by atoms with Crippen LogP contribution in [0, 0.1) is 0 Å². The van der Waals surface area contributed by atoms with Crippen molar-refractivity contribution in [1.29, 1.82) is 0 Å². The summed E-state index contributed by atoms with van der Waals surface area (Å²) in [5, 5.41) is 15.3. The Morgan fingerprint density at radius 3 is 3.14 bits per heavy atom. The molecule has 0 amide bonds. The van der Waals surface area contributed by atoms with Crippen molar-refractivity contribution >= 4 is 10.9 Å². The average Bonchev–Trinajstić information content (AvgIpc) is 2.88. The number of aromatic amines is 1. The summed E-state index contributed by atoms with van der Waals surface area (Å²) in [6.45, 7) is 0. The van der Waals surface area contributed by atoms with Crippen molar-refractivity contribution in [1.82, 2.24) is 20.4 Å². The lowest BCUT2D eigenvalue weighted by atomic mass is 10.1. The number of benzene rings is 1. The Labute approximate surface area is 78.8 Å². The smallest absolute Gasteiger partial charge is 0.247 e. The molecule has 0 atom stereocenters. The van der Waals surface area contributed by atoms with Crippen LogP contribution in [-0.2, 0) is 0 Å². The normalized spacial score (nSPS) is 10.9. The molecule has 0 radical (unpaired) electrons. The van der Waals surface area contributed by atoms with Crippen LogP contribution in [0.5, 0.6) is 0 Å². The molecule has 1 aromatic carbocycles. The molecule has 14 heavy (non-hydrogen) atoms. The van der Waals surface area contributed by atoms with Crippen LogP contribution < -0.4 is 0 Å². The minimum Gasteiger partial charge on any atom is -0.423 e. The first-order valence-corrected chi connectivity index (χ1v) is 4.13. The second kappa shape index (κ2) is 2.66. The van der Waals surface area contributed by atoms with E-state index in [0.29, 0.717) is 5.89 Å². The Balaban J connectivity index is 2.23. The highest BCUT2D eigenvalue weighted by molar-refractivity contribution is 5.82. The maximum atomic E-state index is 5.09. The van der Waals surface area contributed by atoms with Crippen molar-refractivity contribution in [3.8, 4) is 11.5 Å². The predicted molar refractivity (Wildman–Crippen MR) is 49.4 cm³/mol. The molecule has 1 N–H and O–H groups in total. The van der Waals surface area contributed by atoms with Crippen LogP contribution in [0.25, 0.3) is 22.4 Å². The quantitative estimate of drug-likeness (QED) is 0.626. The third kappa shape index (κ3) is 0.990. The van der Waals surface area contributed by atoms with Gasteiger partial charge in [0.15, 0.2) is 0 Å². The number of hydrogen-bond donors (Lipinski definition) is 1. The van der Waals surface area contributed by atoms with Crippen molar-refractivity contribution in [2.75, 3.05) is 0 Å². The zero-order chi connectivity index (χ0) is 9.38. The molecule has 0 aliphatic carbocycles. The highest BCUT2D eigenvalue weighted by Gasteiger charge is 2.04. The first-order chi connectivity index (χ1) is 6.93. The fourth-order valence-electron chi connectivity index (χ4n) is 1.37. The summed E-state index contributed by atoms with van der Waals surface area (Å²) in [6.07, 6.45) is 3.07. The third-order valence-corrected chi connectivity index (χ3v) is 2.05. The largest absolute Gasteiger partial charge is 0.423 e. The molecule has 0 bridgehead atoms. The Bertz CT molecular complexity index is 555. The number of aromatic nitrogens is 4. The average molecular weight is 186 g/mol. The second-order valence-electron chi connectivity index (χ2n) is 2.92. The third-order valence-electron chi connectivity index (χ3n) is 2.05. The molecule has 2 aromatic heterocycles. The van der Waals surface area contributed by atoms with Gasteiger partial charge in [0, 0.05) is 10.9 Å². The van der Waals surface area contributed by atoms with Gasteiger partial charge >= 0.3 is 0 Å². The van der Waals surface area contributed by atoms with E-state index in [4.69, 9.17) is 4.42 Å². The number of H-pyrrole nitrogens is 1. The molecule has 0 aliphatic rings. The van der Waals surface area contributed by atoms with Gasteiger partial charge in [0.05, 0.1) is 11.7 Å². The number of nitrogens with zero attached hydrogens (tertiary/aromatic N) is 3. The standard InChI is InChI=1S/C9H6N4O/c1-2-8-7(4-10-12-8)3-6(1)9-13-11-5-14-9/h1-5H,(H,10,12). The monoisotopic (exact) mass is 186 g/mol. The zero-order valence-corrected chi connectivity index (χ0v) is 7.14. The Hall–Kier alpha value is -2.17. The summed E-state index contributed by atoms with van der Waals surface area (Å²) in [7, 11) is 0. The van der Waals surface area contributed by atoms with Crippen molar-refractivity contribution in [2.24, 2.45) is 0 Å². The van der Waals surface area contributed by atoms with Gasteiger partial charge < -0.3 is 4.42 Å². The highest BCUT2D eigenvalue weighted by Crippen LogP contribution is 2.20. The summed E-state index contributed by atoms with van der Waals surface area (Å²) in [4.78, 5) is 0. The van der Waals surface area contributed by atoms with E-state index in [2.05, 4.69) is 20.4 Å². The topological polar surface area (TPSA) is 67.6 Å². The summed E-state index contributed by atoms with van der Waals surface area (Å²) < 4.78 is 5.09. The molecule has 68 valence electrons. The molecule has 0 unspecified atom stereocenters. The summed E-state index contributed by atoms with van der Waals surface area (Å²) in [5.74, 6) is 0.521. The maximum Gasteiger partial charge on any atom is 0.247 e. The van der Waals surface area contributed by atoms with Gasteiger partial charge in [0.1, 0.15) is 0 Å². The minimum atomic E-state index is 0.521. The van der Waals surface area contributed by atoms with Gasteiger partial charge in [-0.25, -0.2) is 0 Å². The molecular formula is C9H6N4O. The maximum absolute atomic E-state index is 5.09. The summed E-state index contributed by atoms with van der Waals surface area (Å²) >= 11 is 0. The molecule has 0 spiro atoms. The van der Waals surface area contributed by atoms with E-state index < -0.39 is 0 Å². The lowest BCUT2D eigenvalue weighted by molar-refractivity contribution is 0.569. The van der Waals surface area contributed by atoms with E-state index in [9.17, 15) is 0 Å². The first-order valence-electron chi connectivity index (χ1n) is 4.13. The van der Waals surface area contributed by atoms with E-state index in [1.54, 1.807) is 6.20 Å². The van der Waals surface area contributed by atoms with Gasteiger partial charge in [0.25, 0.3) is 0 Å². The van der Waals surface area contributed by atoms with Crippen LogP contribution in [-0.4, -0.2) is 20.4 Å². The van der Waals surface area contributed by atoms with Crippen LogP contribution in [0.3, 0.4) is 0 Å². The molecule has 3 aromatic rings. The van der Waals surface area contributed by atoms with Gasteiger partial charge in [-0.15, -0.1) is 10.2 Å². The Morgan fingerprint density at radius 2 is 2.29 bits per heavy atom. The van der Waals surface area contributed by atoms with Crippen molar-refractivity contribution in [2.45, 2.75) is 0 Å². The van der Waals surface area contributed by atoms with E-state index in [1.807, 2.05) is 18.2 Å². The second-order valence-corrected chi connectivity index (χ2v) is 2.92. The number of hydrogen-bond acceptors (Lipinski definition) is 4. The molecule has 0 saturated carbocycles. The fourth-order valence-corrected chi connectivity index (χ4v) is 1.37. The predicted octanol–water partition coefficient (Wildman–Crippen LogP) is 1.61. The molecule has 5 nitrogen and oxygen atoms in total. The van der Waals surface area contributed by atoms with Crippen LogP contribution >= 0.6 is 0 Å². The molecule has 2 heterocycles. The molecular weight excluding hydrogens is 180 g/mol. The SMILES string of the molecule is c1nnc(-c2ccc3[nH]ncc3c2)o1. The van der Waals surface area contributed by atoms with Crippen LogP contribution in [0.2, 0.25) is 0 Å². The Kier molecular flexibility index (Phi) is 1.38. The molecule has 5 heteroatoms. The highest BCUT2D eigenvalue weighted by atomic mass is 16.4. The Morgan fingerprint density at radius 1 is 1.29 bits per heavy atom. The van der Waals surface area contributed by atoms with Gasteiger partial charge in [-0.2, -0.15) is 5.10 Å². The lowest BCUT2D eigenvalue weighted by Crippen LogP contribution is -1.77. The van der Waals surface area contributed by atoms with Gasteiger partial charge in [-0.3, -0.25) is 5.10 Å². The van der Waals surface area contributed by atoms with Crippen LogP contribution in [0.4, 0.5) is 0 Å². The van der Waals surface area contributed by atoms with E-state index in [1.165, 1.54) is 6.39 Å². The molecule has 0 saturated heterocycles. The minimum absolute atomic E-state index is 0.521. The van der Waals surface area contributed by atoms with Crippen molar-refractivity contribution < 1.29 is 4.42 Å².